The number of aliphatic carboxylic acids is 1. The lowest BCUT2D eigenvalue weighted by molar-refractivity contribution is -0.147. The Hall–Kier alpha value is -1.32. The van der Waals surface area contributed by atoms with Crippen LogP contribution in [0.15, 0.2) is 12.2 Å². The van der Waals surface area contributed by atoms with E-state index in [1.165, 1.54) is 122 Å². The number of ether oxygens (including phenoxy) is 1. The molecular formula is C38H72O4. The summed E-state index contributed by atoms with van der Waals surface area (Å²) in [5.41, 5.74) is 0. The van der Waals surface area contributed by atoms with Gasteiger partial charge in [-0.3, -0.25) is 9.59 Å². The number of allylic oxidation sites excluding steroid dienone is 1. The van der Waals surface area contributed by atoms with E-state index in [0.717, 1.165) is 64.2 Å². The van der Waals surface area contributed by atoms with E-state index in [0.29, 0.717) is 6.42 Å². The molecular weight excluding hydrogens is 520 g/mol. The van der Waals surface area contributed by atoms with Crippen LogP contribution in [0.3, 0.4) is 0 Å². The summed E-state index contributed by atoms with van der Waals surface area (Å²) in [6.07, 6.45) is 41.3. The molecule has 0 rings (SSSR count). The van der Waals surface area contributed by atoms with Crippen LogP contribution in [0.5, 0.6) is 0 Å². The molecule has 0 aromatic rings. The summed E-state index contributed by atoms with van der Waals surface area (Å²) in [5, 5.41) is 8.76. The van der Waals surface area contributed by atoms with E-state index in [9.17, 15) is 9.59 Å². The van der Waals surface area contributed by atoms with Gasteiger partial charge >= 0.3 is 11.9 Å². The molecule has 1 unspecified atom stereocenters. The third-order valence-corrected chi connectivity index (χ3v) is 8.47. The van der Waals surface area contributed by atoms with Crippen molar-refractivity contribution in [2.45, 2.75) is 219 Å². The minimum absolute atomic E-state index is 0.0659. The zero-order valence-electron chi connectivity index (χ0n) is 28.3. The lowest BCUT2D eigenvalue weighted by Crippen LogP contribution is -2.16. The summed E-state index contributed by atoms with van der Waals surface area (Å²) in [6, 6.07) is 0. The molecule has 0 bridgehead atoms. The first kappa shape index (κ1) is 40.7. The first-order chi connectivity index (χ1) is 20.6. The largest absolute Gasteiger partial charge is 0.481 e. The Bertz CT molecular complexity index is 600. The summed E-state index contributed by atoms with van der Waals surface area (Å²) in [5.74, 6) is -0.787. The average Bonchev–Trinajstić information content (AvgIpc) is 2.97. The fraction of sp³-hybridized carbons (Fsp3) is 0.895. The molecule has 4 nitrogen and oxygen atoms in total. The minimum Gasteiger partial charge on any atom is -0.481 e. The molecule has 0 aliphatic heterocycles. The second-order valence-corrected chi connectivity index (χ2v) is 12.8. The van der Waals surface area contributed by atoms with Gasteiger partial charge in [0.15, 0.2) is 0 Å². The first-order valence-electron chi connectivity index (χ1n) is 18.7. The van der Waals surface area contributed by atoms with Gasteiger partial charge in [-0.25, -0.2) is 0 Å². The predicted octanol–water partition coefficient (Wildman–Crippen LogP) is 12.7. The van der Waals surface area contributed by atoms with Crippen LogP contribution in [0.4, 0.5) is 0 Å². The Labute approximate surface area is 262 Å². The van der Waals surface area contributed by atoms with E-state index < -0.39 is 5.97 Å². The van der Waals surface area contributed by atoms with Gasteiger partial charge < -0.3 is 9.84 Å². The van der Waals surface area contributed by atoms with E-state index in [2.05, 4.69) is 26.0 Å². The van der Waals surface area contributed by atoms with E-state index in [-0.39, 0.29) is 18.5 Å². The zero-order chi connectivity index (χ0) is 30.8. The highest BCUT2D eigenvalue weighted by molar-refractivity contribution is 5.69. The summed E-state index contributed by atoms with van der Waals surface area (Å²) in [6.45, 7) is 4.47. The number of esters is 1. The Morgan fingerprint density at radius 2 is 0.905 bits per heavy atom. The molecule has 1 atom stereocenters. The van der Waals surface area contributed by atoms with Crippen LogP contribution in [-0.2, 0) is 14.3 Å². The van der Waals surface area contributed by atoms with Crippen LogP contribution in [-0.4, -0.2) is 23.1 Å². The molecule has 0 spiro atoms. The van der Waals surface area contributed by atoms with Gasteiger partial charge in [0, 0.05) is 12.8 Å². The highest BCUT2D eigenvalue weighted by Gasteiger charge is 2.11. The van der Waals surface area contributed by atoms with Crippen molar-refractivity contribution in [3.63, 3.8) is 0 Å². The van der Waals surface area contributed by atoms with Gasteiger partial charge in [-0.05, 0) is 38.2 Å². The average molecular weight is 593 g/mol. The molecule has 248 valence electrons. The lowest BCUT2D eigenvalue weighted by atomic mass is 10.0. The molecule has 4 heteroatoms. The summed E-state index contributed by atoms with van der Waals surface area (Å²) in [7, 11) is 0. The Morgan fingerprint density at radius 3 is 1.33 bits per heavy atom. The maximum absolute atomic E-state index is 12.4. The molecule has 0 heterocycles. The molecule has 0 aromatic carbocycles. The van der Waals surface area contributed by atoms with Crippen LogP contribution in [0.25, 0.3) is 0 Å². The fourth-order valence-electron chi connectivity index (χ4n) is 5.67. The van der Waals surface area contributed by atoms with Crippen molar-refractivity contribution in [2.24, 2.45) is 0 Å². The van der Waals surface area contributed by atoms with Crippen molar-refractivity contribution < 1.29 is 19.4 Å². The smallest absolute Gasteiger partial charge is 0.306 e. The number of carboxylic acids is 1. The van der Waals surface area contributed by atoms with Crippen molar-refractivity contribution >= 4 is 11.9 Å². The van der Waals surface area contributed by atoms with Crippen molar-refractivity contribution in [1.82, 2.24) is 0 Å². The number of carbonyl (C=O) groups is 2. The molecule has 1 N–H and O–H groups in total. The van der Waals surface area contributed by atoms with E-state index in [1.54, 1.807) is 0 Å². The molecule has 0 radical (unpaired) electrons. The summed E-state index contributed by atoms with van der Waals surface area (Å²) < 4.78 is 5.80. The fourth-order valence-corrected chi connectivity index (χ4v) is 5.67. The van der Waals surface area contributed by atoms with Gasteiger partial charge in [0.25, 0.3) is 0 Å². The van der Waals surface area contributed by atoms with Crippen molar-refractivity contribution in [2.75, 3.05) is 0 Å². The Morgan fingerprint density at radius 1 is 0.524 bits per heavy atom. The quantitative estimate of drug-likeness (QED) is 0.0458. The predicted molar refractivity (Wildman–Crippen MR) is 181 cm³/mol. The third kappa shape index (κ3) is 33.2. The summed E-state index contributed by atoms with van der Waals surface area (Å²) in [4.78, 5) is 23.1. The standard InChI is InChI=1S/C38H72O4/c1-3-5-7-9-10-11-12-13-14-15-16-17-18-19-20-21-22-23-24-25-31-35-38(41)42-36(32-28-8-6-4-2)33-29-26-27-30-34-37(39)40/h28,32,36H,3-27,29-31,33-35H2,1-2H3,(H,39,40)/b32-28-. The van der Waals surface area contributed by atoms with Crippen molar-refractivity contribution in [3.8, 4) is 0 Å². The highest BCUT2D eigenvalue weighted by Crippen LogP contribution is 2.16. The maximum Gasteiger partial charge on any atom is 0.306 e. The van der Waals surface area contributed by atoms with Crippen LogP contribution in [0.2, 0.25) is 0 Å². The van der Waals surface area contributed by atoms with Gasteiger partial charge in [-0.15, -0.1) is 0 Å². The minimum atomic E-state index is -0.721. The second-order valence-electron chi connectivity index (χ2n) is 12.8. The van der Waals surface area contributed by atoms with Gasteiger partial charge in [0.2, 0.25) is 0 Å². The van der Waals surface area contributed by atoms with Crippen molar-refractivity contribution in [3.05, 3.63) is 12.2 Å². The van der Waals surface area contributed by atoms with Gasteiger partial charge in [0.1, 0.15) is 6.10 Å². The number of hydrogen-bond acceptors (Lipinski definition) is 3. The van der Waals surface area contributed by atoms with Crippen LogP contribution >= 0.6 is 0 Å². The monoisotopic (exact) mass is 593 g/mol. The molecule has 0 amide bonds. The molecule has 0 aliphatic carbocycles. The van der Waals surface area contributed by atoms with Crippen LogP contribution < -0.4 is 0 Å². The normalized spacial score (nSPS) is 12.2. The molecule has 0 aromatic heterocycles. The van der Waals surface area contributed by atoms with Gasteiger partial charge in [0.05, 0.1) is 0 Å². The molecule has 0 aliphatic rings. The first-order valence-corrected chi connectivity index (χ1v) is 18.7. The molecule has 42 heavy (non-hydrogen) atoms. The number of carboxylic acid groups (broad SMARTS) is 1. The number of carbonyl (C=O) groups excluding carboxylic acids is 1. The molecule has 0 saturated carbocycles. The molecule has 0 saturated heterocycles. The Kier molecular flexibility index (Phi) is 33.1. The van der Waals surface area contributed by atoms with Crippen LogP contribution in [0, 0.1) is 0 Å². The summed E-state index contributed by atoms with van der Waals surface area (Å²) >= 11 is 0. The lowest BCUT2D eigenvalue weighted by Gasteiger charge is -2.15. The number of unbranched alkanes of at least 4 members (excludes halogenated alkanes) is 25. The topological polar surface area (TPSA) is 63.6 Å². The maximum atomic E-state index is 12.4. The third-order valence-electron chi connectivity index (χ3n) is 8.47. The SMILES string of the molecule is CCCC/C=C\C(CCCCCCC(=O)O)OC(=O)CCCCCCCCCCCCCCCCCCCCCCC. The number of rotatable bonds is 34. The second kappa shape index (κ2) is 34.2. The van der Waals surface area contributed by atoms with E-state index in [1.807, 2.05) is 0 Å². The zero-order valence-corrected chi connectivity index (χ0v) is 28.3. The van der Waals surface area contributed by atoms with Crippen LogP contribution in [0.1, 0.15) is 213 Å². The van der Waals surface area contributed by atoms with E-state index in [4.69, 9.17) is 9.84 Å². The van der Waals surface area contributed by atoms with E-state index >= 15 is 0 Å². The molecule has 0 fully saturated rings. The van der Waals surface area contributed by atoms with Gasteiger partial charge in [-0.2, -0.15) is 0 Å². The van der Waals surface area contributed by atoms with Gasteiger partial charge in [-0.1, -0.05) is 174 Å². The highest BCUT2D eigenvalue weighted by atomic mass is 16.5. The Balaban J connectivity index is 3.62. The number of hydrogen-bond donors (Lipinski definition) is 1. The van der Waals surface area contributed by atoms with Crippen molar-refractivity contribution in [1.29, 1.82) is 0 Å².